The van der Waals surface area contributed by atoms with Crippen LogP contribution in [-0.4, -0.2) is 36.7 Å². The predicted molar refractivity (Wildman–Crippen MR) is 72.1 cm³/mol. The van der Waals surface area contributed by atoms with Crippen LogP contribution in [0.4, 0.5) is 10.5 Å². The minimum atomic E-state index is -1.15. The zero-order valence-corrected chi connectivity index (χ0v) is 11.4. The zero-order chi connectivity index (χ0) is 15.1. The summed E-state index contributed by atoms with van der Waals surface area (Å²) in [7, 11) is 1.25. The molecule has 0 bridgehead atoms. The highest BCUT2D eigenvalue weighted by molar-refractivity contribution is 6.31. The largest absolute Gasteiger partial charge is 0.478 e. The first-order valence-corrected chi connectivity index (χ1v) is 5.95. The molecule has 0 unspecified atom stereocenters. The second-order valence-electron chi connectivity index (χ2n) is 3.74. The molecule has 0 heterocycles. The Labute approximate surface area is 119 Å². The van der Waals surface area contributed by atoms with Crippen molar-refractivity contribution >= 4 is 35.3 Å². The van der Waals surface area contributed by atoms with Gasteiger partial charge in [0, 0.05) is 17.3 Å². The van der Waals surface area contributed by atoms with Crippen molar-refractivity contribution in [1.29, 1.82) is 0 Å². The molecule has 0 fully saturated rings. The third-order valence-electron chi connectivity index (χ3n) is 2.24. The highest BCUT2D eigenvalue weighted by atomic mass is 35.5. The van der Waals surface area contributed by atoms with Crippen LogP contribution in [0.3, 0.4) is 0 Å². The predicted octanol–water partition coefficient (Wildman–Crippen LogP) is 1.72. The van der Waals surface area contributed by atoms with Crippen molar-refractivity contribution < 1.29 is 24.2 Å². The Morgan fingerprint density at radius 1 is 1.30 bits per heavy atom. The lowest BCUT2D eigenvalue weighted by atomic mass is 10.2. The highest BCUT2D eigenvalue weighted by Crippen LogP contribution is 2.19. The van der Waals surface area contributed by atoms with Gasteiger partial charge in [-0.3, -0.25) is 4.79 Å². The van der Waals surface area contributed by atoms with E-state index in [1.54, 1.807) is 0 Å². The van der Waals surface area contributed by atoms with Crippen LogP contribution in [0.15, 0.2) is 18.2 Å². The number of hydrogen-bond acceptors (Lipinski definition) is 4. The van der Waals surface area contributed by atoms with Crippen LogP contribution in [0, 0.1) is 0 Å². The van der Waals surface area contributed by atoms with E-state index in [0.717, 1.165) is 0 Å². The van der Waals surface area contributed by atoms with Crippen LogP contribution in [0.1, 0.15) is 16.8 Å². The summed E-state index contributed by atoms with van der Waals surface area (Å²) < 4.78 is 4.41. The van der Waals surface area contributed by atoms with E-state index in [1.807, 2.05) is 0 Å². The summed E-state index contributed by atoms with van der Waals surface area (Å²) in [6, 6.07) is 3.37. The van der Waals surface area contributed by atoms with Gasteiger partial charge < -0.3 is 20.5 Å². The number of esters is 1. The molecule has 1 rings (SSSR count). The van der Waals surface area contributed by atoms with Crippen LogP contribution in [0.5, 0.6) is 0 Å². The van der Waals surface area contributed by atoms with Crippen molar-refractivity contribution in [3.05, 3.63) is 28.8 Å². The molecule has 1 aromatic carbocycles. The summed E-state index contributed by atoms with van der Waals surface area (Å²) >= 11 is 5.75. The van der Waals surface area contributed by atoms with Crippen molar-refractivity contribution in [2.45, 2.75) is 6.42 Å². The molecule has 0 aliphatic carbocycles. The standard InChI is InChI=1S/C12H13ClN2O5/c1-20-10(16)2-3-14-12(19)15-9-5-7(11(17)18)4-8(13)6-9/h4-6H,2-3H2,1H3,(H,17,18)(H2,14,15,19). The van der Waals surface area contributed by atoms with E-state index in [4.69, 9.17) is 16.7 Å². The molecule has 0 aliphatic rings. The fraction of sp³-hybridized carbons (Fsp3) is 0.250. The van der Waals surface area contributed by atoms with Crippen molar-refractivity contribution in [3.8, 4) is 0 Å². The molecular formula is C12H13ClN2O5. The number of anilines is 1. The monoisotopic (exact) mass is 300 g/mol. The van der Waals surface area contributed by atoms with Crippen molar-refractivity contribution in [1.82, 2.24) is 5.32 Å². The zero-order valence-electron chi connectivity index (χ0n) is 10.6. The number of halogens is 1. The lowest BCUT2D eigenvalue weighted by Gasteiger charge is -2.08. The first-order valence-electron chi connectivity index (χ1n) is 5.58. The van der Waals surface area contributed by atoms with Gasteiger partial charge in [0.25, 0.3) is 0 Å². The molecule has 0 saturated carbocycles. The molecule has 20 heavy (non-hydrogen) atoms. The number of carbonyl (C=O) groups excluding carboxylic acids is 2. The van der Waals surface area contributed by atoms with E-state index in [-0.39, 0.29) is 29.2 Å². The molecule has 8 heteroatoms. The lowest BCUT2D eigenvalue weighted by Crippen LogP contribution is -2.30. The van der Waals surface area contributed by atoms with E-state index < -0.39 is 18.0 Å². The molecule has 108 valence electrons. The quantitative estimate of drug-likeness (QED) is 0.718. The summed E-state index contributed by atoms with van der Waals surface area (Å²) in [6.45, 7) is 0.102. The average molecular weight is 301 g/mol. The summed E-state index contributed by atoms with van der Waals surface area (Å²) in [4.78, 5) is 33.2. The van der Waals surface area contributed by atoms with Gasteiger partial charge in [0.05, 0.1) is 19.1 Å². The van der Waals surface area contributed by atoms with Gasteiger partial charge >= 0.3 is 18.0 Å². The number of carboxylic acid groups (broad SMARTS) is 1. The van der Waals surface area contributed by atoms with Crippen LogP contribution in [-0.2, 0) is 9.53 Å². The van der Waals surface area contributed by atoms with Crippen LogP contribution in [0.2, 0.25) is 5.02 Å². The molecule has 3 N–H and O–H groups in total. The second kappa shape index (κ2) is 7.34. The summed E-state index contributed by atoms with van der Waals surface area (Å²) in [5, 5.41) is 13.9. The molecule has 1 aromatic rings. The summed E-state index contributed by atoms with van der Waals surface area (Å²) in [5.74, 6) is -1.59. The second-order valence-corrected chi connectivity index (χ2v) is 4.18. The maximum absolute atomic E-state index is 11.5. The van der Waals surface area contributed by atoms with Crippen molar-refractivity contribution in [2.24, 2.45) is 0 Å². The Kier molecular flexibility index (Phi) is 5.79. The molecule has 2 amide bonds. The van der Waals surface area contributed by atoms with Crippen LogP contribution < -0.4 is 10.6 Å². The number of methoxy groups -OCH3 is 1. The Bertz CT molecular complexity index is 533. The maximum Gasteiger partial charge on any atom is 0.335 e. The average Bonchev–Trinajstić information content (AvgIpc) is 2.37. The number of ether oxygens (including phenoxy) is 1. The van der Waals surface area contributed by atoms with Gasteiger partial charge in [0.2, 0.25) is 0 Å². The van der Waals surface area contributed by atoms with Gasteiger partial charge in [-0.05, 0) is 18.2 Å². The SMILES string of the molecule is COC(=O)CCNC(=O)Nc1cc(Cl)cc(C(=O)O)c1. The number of carboxylic acids is 1. The molecule has 0 saturated heterocycles. The van der Waals surface area contributed by atoms with E-state index in [1.165, 1.54) is 25.3 Å². The minimum Gasteiger partial charge on any atom is -0.478 e. The topological polar surface area (TPSA) is 105 Å². The van der Waals surface area contributed by atoms with Gasteiger partial charge in [-0.15, -0.1) is 0 Å². The summed E-state index contributed by atoms with van der Waals surface area (Å²) in [5.41, 5.74) is 0.202. The van der Waals surface area contributed by atoms with Gasteiger partial charge in [-0.1, -0.05) is 11.6 Å². The molecule has 0 atom stereocenters. The Balaban J connectivity index is 2.57. The first kappa shape index (κ1) is 15.8. The minimum absolute atomic E-state index is 0.0395. The third-order valence-corrected chi connectivity index (χ3v) is 2.46. The molecule has 0 aromatic heterocycles. The Morgan fingerprint density at radius 2 is 2.00 bits per heavy atom. The fourth-order valence-electron chi connectivity index (χ4n) is 1.34. The number of carbonyl (C=O) groups is 3. The number of amides is 2. The van der Waals surface area contributed by atoms with Gasteiger partial charge in [0.1, 0.15) is 0 Å². The van der Waals surface area contributed by atoms with Crippen molar-refractivity contribution in [2.75, 3.05) is 19.0 Å². The molecule has 0 radical (unpaired) electrons. The molecule has 0 spiro atoms. The van der Waals surface area contributed by atoms with Crippen LogP contribution in [0.25, 0.3) is 0 Å². The smallest absolute Gasteiger partial charge is 0.335 e. The normalized spacial score (nSPS) is 9.70. The maximum atomic E-state index is 11.5. The van der Waals surface area contributed by atoms with E-state index in [0.29, 0.717) is 0 Å². The number of benzene rings is 1. The fourth-order valence-corrected chi connectivity index (χ4v) is 1.58. The van der Waals surface area contributed by atoms with Crippen LogP contribution >= 0.6 is 11.6 Å². The number of aromatic carboxylic acids is 1. The third kappa shape index (κ3) is 5.15. The van der Waals surface area contributed by atoms with E-state index in [9.17, 15) is 14.4 Å². The number of nitrogens with one attached hydrogen (secondary N) is 2. The van der Waals surface area contributed by atoms with Gasteiger partial charge in [-0.25, -0.2) is 9.59 Å². The number of rotatable bonds is 5. The van der Waals surface area contributed by atoms with Crippen molar-refractivity contribution in [3.63, 3.8) is 0 Å². The van der Waals surface area contributed by atoms with E-state index in [2.05, 4.69) is 15.4 Å². The summed E-state index contributed by atoms with van der Waals surface area (Å²) in [6.07, 6.45) is 0.0415. The van der Waals surface area contributed by atoms with Gasteiger partial charge in [-0.2, -0.15) is 0 Å². The lowest BCUT2D eigenvalue weighted by molar-refractivity contribution is -0.140. The molecular weight excluding hydrogens is 288 g/mol. The number of hydrogen-bond donors (Lipinski definition) is 3. The Morgan fingerprint density at radius 3 is 2.60 bits per heavy atom. The molecule has 7 nitrogen and oxygen atoms in total. The molecule has 0 aliphatic heterocycles. The highest BCUT2D eigenvalue weighted by Gasteiger charge is 2.09. The van der Waals surface area contributed by atoms with E-state index >= 15 is 0 Å². The number of urea groups is 1. The Hall–Kier alpha value is -2.28. The van der Waals surface area contributed by atoms with Gasteiger partial charge in [0.15, 0.2) is 0 Å². The first-order chi connectivity index (χ1) is 9.42.